The van der Waals surface area contributed by atoms with E-state index in [1.165, 1.54) is 17.3 Å². The summed E-state index contributed by atoms with van der Waals surface area (Å²) in [7, 11) is 0. The van der Waals surface area contributed by atoms with Crippen molar-refractivity contribution in [3.05, 3.63) is 54.1 Å². The Morgan fingerprint density at radius 3 is 2.41 bits per heavy atom. The van der Waals surface area contributed by atoms with E-state index in [0.717, 1.165) is 17.7 Å². The van der Waals surface area contributed by atoms with Crippen molar-refractivity contribution in [1.82, 2.24) is 15.2 Å². The molecule has 0 spiro atoms. The van der Waals surface area contributed by atoms with Gasteiger partial charge in [-0.1, -0.05) is 43.0 Å². The summed E-state index contributed by atoms with van der Waals surface area (Å²) in [4.78, 5) is 16.4. The van der Waals surface area contributed by atoms with Gasteiger partial charge < -0.3 is 9.47 Å². The Hall–Kier alpha value is -2.80. The molecule has 1 N–H and O–H groups in total. The summed E-state index contributed by atoms with van der Waals surface area (Å²) in [6, 6.07) is 15.1. The lowest BCUT2D eigenvalue weighted by Crippen LogP contribution is -2.10. The second kappa shape index (κ2) is 9.23. The molecule has 140 valence electrons. The summed E-state index contributed by atoms with van der Waals surface area (Å²) >= 11 is 1.23. The van der Waals surface area contributed by atoms with Crippen LogP contribution in [0.2, 0.25) is 0 Å². The first-order valence-electron chi connectivity index (χ1n) is 8.76. The van der Waals surface area contributed by atoms with Gasteiger partial charge >= 0.3 is 5.97 Å². The Morgan fingerprint density at radius 2 is 1.74 bits per heavy atom. The second-order valence-corrected chi connectivity index (χ2v) is 6.63. The Morgan fingerprint density at radius 1 is 1.04 bits per heavy atom. The van der Waals surface area contributed by atoms with Gasteiger partial charge in [-0.2, -0.15) is 0 Å². The first-order valence-corrected chi connectivity index (χ1v) is 9.74. The van der Waals surface area contributed by atoms with Crippen molar-refractivity contribution in [3.63, 3.8) is 0 Å². The van der Waals surface area contributed by atoms with E-state index < -0.39 is 0 Å². The fourth-order valence-corrected chi connectivity index (χ4v) is 2.97. The number of nitrogens with one attached hydrogen (secondary N) is 1. The van der Waals surface area contributed by atoms with Gasteiger partial charge in [0.15, 0.2) is 5.82 Å². The maximum atomic E-state index is 12.0. The minimum Gasteiger partial charge on any atom is -0.494 e. The highest BCUT2D eigenvalue weighted by Gasteiger charge is 2.11. The number of benzene rings is 2. The number of hydrogen-bond acceptors (Lipinski definition) is 6. The van der Waals surface area contributed by atoms with Gasteiger partial charge in [-0.3, -0.25) is 9.89 Å². The van der Waals surface area contributed by atoms with Gasteiger partial charge in [-0.15, -0.1) is 5.10 Å². The van der Waals surface area contributed by atoms with E-state index in [0.29, 0.717) is 23.3 Å². The molecule has 0 amide bonds. The summed E-state index contributed by atoms with van der Waals surface area (Å²) in [6.45, 7) is 4.63. The van der Waals surface area contributed by atoms with Gasteiger partial charge in [0.05, 0.1) is 12.4 Å². The lowest BCUT2D eigenvalue weighted by Gasteiger charge is -2.05. The van der Waals surface area contributed by atoms with E-state index >= 15 is 0 Å². The lowest BCUT2D eigenvalue weighted by atomic mass is 10.1. The molecule has 1 heterocycles. The number of aryl methyl sites for hydroxylation is 1. The molecule has 27 heavy (non-hydrogen) atoms. The SMILES string of the molecule is CCOc1ccc(OC(=O)CSc2n[nH]c(-c3ccc(CC)cc3)n2)cc1. The number of hydrogen-bond donors (Lipinski definition) is 1. The van der Waals surface area contributed by atoms with Crippen LogP contribution in [0.5, 0.6) is 11.5 Å². The van der Waals surface area contributed by atoms with E-state index in [9.17, 15) is 4.79 Å². The standard InChI is InChI=1S/C20H21N3O3S/c1-3-14-5-7-15(8-6-14)19-21-20(23-22-19)27-13-18(24)26-17-11-9-16(10-12-17)25-4-2/h5-12H,3-4,13H2,1-2H3,(H,21,22,23). The number of aromatic amines is 1. The molecule has 7 heteroatoms. The van der Waals surface area contributed by atoms with Gasteiger partial charge in [0.2, 0.25) is 5.16 Å². The third kappa shape index (κ3) is 5.34. The summed E-state index contributed by atoms with van der Waals surface area (Å²) in [5.74, 6) is 1.67. The van der Waals surface area contributed by atoms with Gasteiger partial charge in [0.1, 0.15) is 11.5 Å². The number of H-pyrrole nitrogens is 1. The molecule has 0 radical (unpaired) electrons. The minimum absolute atomic E-state index is 0.124. The molecule has 2 aromatic carbocycles. The van der Waals surface area contributed by atoms with Crippen molar-refractivity contribution in [2.24, 2.45) is 0 Å². The molecule has 0 bridgehead atoms. The van der Waals surface area contributed by atoms with E-state index in [1.807, 2.05) is 19.1 Å². The van der Waals surface area contributed by atoms with Crippen molar-refractivity contribution in [3.8, 4) is 22.9 Å². The average Bonchev–Trinajstić information content (AvgIpc) is 3.17. The molecular formula is C20H21N3O3S. The van der Waals surface area contributed by atoms with Crippen LogP contribution in [0, 0.1) is 0 Å². The van der Waals surface area contributed by atoms with E-state index in [-0.39, 0.29) is 11.7 Å². The number of carbonyl (C=O) groups is 1. The molecule has 1 aromatic heterocycles. The van der Waals surface area contributed by atoms with Crippen LogP contribution in [0.25, 0.3) is 11.4 Å². The molecule has 0 fully saturated rings. The van der Waals surface area contributed by atoms with E-state index in [4.69, 9.17) is 9.47 Å². The molecule has 0 unspecified atom stereocenters. The number of nitrogens with zero attached hydrogens (tertiary/aromatic N) is 2. The minimum atomic E-state index is -0.359. The summed E-state index contributed by atoms with van der Waals surface area (Å²) in [5.41, 5.74) is 2.23. The maximum Gasteiger partial charge on any atom is 0.321 e. The van der Waals surface area contributed by atoms with Crippen molar-refractivity contribution in [2.75, 3.05) is 12.4 Å². The predicted octanol–water partition coefficient (Wildman–Crippen LogP) is 4.13. The third-order valence-corrected chi connectivity index (χ3v) is 4.61. The van der Waals surface area contributed by atoms with Crippen LogP contribution < -0.4 is 9.47 Å². The Labute approximate surface area is 162 Å². The van der Waals surface area contributed by atoms with Crippen LogP contribution in [0.1, 0.15) is 19.4 Å². The van der Waals surface area contributed by atoms with Crippen molar-refractivity contribution in [2.45, 2.75) is 25.4 Å². The van der Waals surface area contributed by atoms with Gasteiger partial charge in [0.25, 0.3) is 0 Å². The summed E-state index contributed by atoms with van der Waals surface area (Å²) in [5, 5.41) is 7.56. The van der Waals surface area contributed by atoms with E-state index in [1.54, 1.807) is 24.3 Å². The summed E-state index contributed by atoms with van der Waals surface area (Å²) in [6.07, 6.45) is 0.994. The Balaban J connectivity index is 1.52. The van der Waals surface area contributed by atoms with Gasteiger partial charge in [0, 0.05) is 5.56 Å². The quantitative estimate of drug-likeness (QED) is 0.358. The molecule has 0 saturated heterocycles. The smallest absolute Gasteiger partial charge is 0.321 e. The highest BCUT2D eigenvalue weighted by Crippen LogP contribution is 2.21. The zero-order valence-electron chi connectivity index (χ0n) is 15.3. The maximum absolute atomic E-state index is 12.0. The topological polar surface area (TPSA) is 77.1 Å². The molecule has 0 saturated carbocycles. The van der Waals surface area contributed by atoms with E-state index in [2.05, 4.69) is 34.2 Å². The zero-order chi connectivity index (χ0) is 19.1. The monoisotopic (exact) mass is 383 g/mol. The highest BCUT2D eigenvalue weighted by molar-refractivity contribution is 7.99. The average molecular weight is 383 g/mol. The zero-order valence-corrected chi connectivity index (χ0v) is 16.1. The van der Waals surface area contributed by atoms with Gasteiger partial charge in [-0.25, -0.2) is 4.98 Å². The Kier molecular flexibility index (Phi) is 6.49. The number of esters is 1. The van der Waals surface area contributed by atoms with Crippen LogP contribution in [0.3, 0.4) is 0 Å². The van der Waals surface area contributed by atoms with Crippen molar-refractivity contribution < 1.29 is 14.3 Å². The number of ether oxygens (including phenoxy) is 2. The second-order valence-electron chi connectivity index (χ2n) is 5.68. The molecule has 6 nitrogen and oxygen atoms in total. The fraction of sp³-hybridized carbons (Fsp3) is 0.250. The number of thioether (sulfide) groups is 1. The van der Waals surface area contributed by atoms with Crippen LogP contribution in [0.4, 0.5) is 0 Å². The van der Waals surface area contributed by atoms with Crippen molar-refractivity contribution in [1.29, 1.82) is 0 Å². The largest absolute Gasteiger partial charge is 0.494 e. The normalized spacial score (nSPS) is 10.6. The molecule has 0 aliphatic heterocycles. The molecule has 0 aliphatic carbocycles. The summed E-state index contributed by atoms with van der Waals surface area (Å²) < 4.78 is 10.7. The molecular weight excluding hydrogens is 362 g/mol. The highest BCUT2D eigenvalue weighted by atomic mass is 32.2. The van der Waals surface area contributed by atoms with Gasteiger partial charge in [-0.05, 0) is 43.2 Å². The third-order valence-electron chi connectivity index (χ3n) is 3.79. The van der Waals surface area contributed by atoms with Crippen LogP contribution in [-0.2, 0) is 11.2 Å². The van der Waals surface area contributed by atoms with Crippen molar-refractivity contribution >= 4 is 17.7 Å². The molecule has 3 rings (SSSR count). The number of aromatic nitrogens is 3. The van der Waals surface area contributed by atoms with Crippen LogP contribution in [0.15, 0.2) is 53.7 Å². The number of carbonyl (C=O) groups excluding carboxylic acids is 1. The van der Waals surface area contributed by atoms with Crippen LogP contribution in [-0.4, -0.2) is 33.5 Å². The molecule has 3 aromatic rings. The fourth-order valence-electron chi connectivity index (χ4n) is 2.39. The first kappa shape index (κ1) is 19.0. The molecule has 0 atom stereocenters. The van der Waals surface area contributed by atoms with Crippen LogP contribution >= 0.6 is 11.8 Å². The molecule has 0 aliphatic rings. The first-order chi connectivity index (χ1) is 13.2. The predicted molar refractivity (Wildman–Crippen MR) is 105 cm³/mol. The lowest BCUT2D eigenvalue weighted by molar-refractivity contribution is -0.131. The Bertz CT molecular complexity index is 876. The number of rotatable bonds is 8.